The molecular weight excluding hydrogens is 420 g/mol. The van der Waals surface area contributed by atoms with Gasteiger partial charge in [-0.05, 0) is 67.4 Å². The summed E-state index contributed by atoms with van der Waals surface area (Å²) < 4.78 is 11.2. The maximum absolute atomic E-state index is 12.8. The van der Waals surface area contributed by atoms with Crippen LogP contribution in [0.4, 0.5) is 11.4 Å². The Morgan fingerprint density at radius 2 is 1.73 bits per heavy atom. The Bertz CT molecular complexity index is 1190. The van der Waals surface area contributed by atoms with Gasteiger partial charge in [0.15, 0.2) is 19.0 Å². The summed E-state index contributed by atoms with van der Waals surface area (Å²) in [6.45, 7) is 3.41. The first-order valence-electron chi connectivity index (χ1n) is 10.6. The van der Waals surface area contributed by atoms with Crippen LogP contribution in [0.1, 0.15) is 21.5 Å². The molecule has 1 heterocycles. The van der Waals surface area contributed by atoms with Crippen LogP contribution in [0, 0.1) is 13.8 Å². The van der Waals surface area contributed by atoms with E-state index in [1.54, 1.807) is 30.3 Å². The van der Waals surface area contributed by atoms with E-state index in [0.717, 1.165) is 11.1 Å². The van der Waals surface area contributed by atoms with Gasteiger partial charge in [0.2, 0.25) is 5.91 Å². The summed E-state index contributed by atoms with van der Waals surface area (Å²) in [5, 5.41) is 2.76. The fourth-order valence-electron chi connectivity index (χ4n) is 3.66. The molecular formula is C26H24N2O5. The normalized spacial score (nSPS) is 12.5. The number of anilines is 2. The van der Waals surface area contributed by atoms with Crippen LogP contribution in [0.15, 0.2) is 66.7 Å². The van der Waals surface area contributed by atoms with Gasteiger partial charge >= 0.3 is 0 Å². The van der Waals surface area contributed by atoms with Crippen LogP contribution in [0.3, 0.4) is 0 Å². The van der Waals surface area contributed by atoms with E-state index in [1.165, 1.54) is 4.90 Å². The lowest BCUT2D eigenvalue weighted by molar-refractivity contribution is -0.123. The van der Waals surface area contributed by atoms with Crippen LogP contribution in [0.5, 0.6) is 11.5 Å². The van der Waals surface area contributed by atoms with Gasteiger partial charge in [0.1, 0.15) is 18.0 Å². The highest BCUT2D eigenvalue weighted by Crippen LogP contribution is 2.33. The van der Waals surface area contributed by atoms with Crippen molar-refractivity contribution in [2.24, 2.45) is 0 Å². The topological polar surface area (TPSA) is 84.9 Å². The van der Waals surface area contributed by atoms with E-state index < -0.39 is 0 Å². The predicted molar refractivity (Wildman–Crippen MR) is 125 cm³/mol. The fraction of sp³-hybridized carbons (Fsp3) is 0.192. The standard InChI is InChI=1S/C26H24N2O5/c1-17-10-18(2)12-21(11-17)32-15-23(29)19-8-9-24-22(13-19)28(26(31)16-33-24)14-25(30)27-20-6-4-3-5-7-20/h3-13H,14-16H2,1-2H3,(H,27,30). The molecule has 4 rings (SSSR count). The number of nitrogens with zero attached hydrogens (tertiary/aromatic N) is 1. The summed E-state index contributed by atoms with van der Waals surface area (Å²) in [4.78, 5) is 39.2. The average Bonchev–Trinajstić information content (AvgIpc) is 2.79. The number of ether oxygens (including phenoxy) is 2. The Morgan fingerprint density at radius 3 is 2.45 bits per heavy atom. The van der Waals surface area contributed by atoms with Crippen molar-refractivity contribution in [3.8, 4) is 11.5 Å². The lowest BCUT2D eigenvalue weighted by Crippen LogP contribution is -2.43. The van der Waals surface area contributed by atoms with Crippen molar-refractivity contribution in [3.63, 3.8) is 0 Å². The molecule has 0 saturated carbocycles. The number of fused-ring (bicyclic) bond motifs is 1. The molecule has 1 aliphatic heterocycles. The van der Waals surface area contributed by atoms with Gasteiger partial charge in [0.05, 0.1) is 5.69 Å². The zero-order valence-electron chi connectivity index (χ0n) is 18.5. The molecule has 2 amide bonds. The van der Waals surface area contributed by atoms with E-state index in [1.807, 2.05) is 50.2 Å². The van der Waals surface area contributed by atoms with Crippen LogP contribution in [-0.4, -0.2) is 37.4 Å². The van der Waals surface area contributed by atoms with Crippen LogP contribution in [0.25, 0.3) is 0 Å². The van der Waals surface area contributed by atoms with Gasteiger partial charge < -0.3 is 14.8 Å². The van der Waals surface area contributed by atoms with Crippen molar-refractivity contribution < 1.29 is 23.9 Å². The number of hydrogen-bond donors (Lipinski definition) is 1. The maximum Gasteiger partial charge on any atom is 0.265 e. The number of carbonyl (C=O) groups excluding carboxylic acids is 3. The lowest BCUT2D eigenvalue weighted by Gasteiger charge is -2.29. The van der Waals surface area contributed by atoms with Gasteiger partial charge in [0.25, 0.3) is 5.91 Å². The molecule has 0 spiro atoms. The van der Waals surface area contributed by atoms with Crippen LogP contribution in [-0.2, 0) is 9.59 Å². The lowest BCUT2D eigenvalue weighted by atomic mass is 10.1. The SMILES string of the molecule is Cc1cc(C)cc(OCC(=O)c2ccc3c(c2)N(CC(=O)Nc2ccccc2)C(=O)CO3)c1. The molecule has 0 atom stereocenters. The Hall–Kier alpha value is -4.13. The second-order valence-electron chi connectivity index (χ2n) is 7.90. The van der Waals surface area contributed by atoms with Crippen molar-refractivity contribution in [1.82, 2.24) is 0 Å². The smallest absolute Gasteiger partial charge is 0.265 e. The van der Waals surface area contributed by atoms with Gasteiger partial charge in [-0.2, -0.15) is 0 Å². The number of rotatable bonds is 7. The zero-order valence-corrected chi connectivity index (χ0v) is 18.5. The van der Waals surface area contributed by atoms with Crippen LogP contribution < -0.4 is 19.7 Å². The summed E-state index contributed by atoms with van der Waals surface area (Å²) in [5.41, 5.74) is 3.48. The molecule has 0 fully saturated rings. The molecule has 7 nitrogen and oxygen atoms in total. The third kappa shape index (κ3) is 5.38. The largest absolute Gasteiger partial charge is 0.485 e. The van der Waals surface area contributed by atoms with Gasteiger partial charge in [0, 0.05) is 11.3 Å². The summed E-state index contributed by atoms with van der Waals surface area (Å²) in [5.74, 6) is 0.105. The Balaban J connectivity index is 1.49. The second-order valence-corrected chi connectivity index (χ2v) is 7.90. The van der Waals surface area contributed by atoms with E-state index in [4.69, 9.17) is 9.47 Å². The Kier molecular flexibility index (Phi) is 6.40. The van der Waals surface area contributed by atoms with E-state index in [-0.39, 0.29) is 37.4 Å². The molecule has 0 aromatic heterocycles. The van der Waals surface area contributed by atoms with E-state index in [0.29, 0.717) is 28.4 Å². The van der Waals surface area contributed by atoms with Gasteiger partial charge in [-0.3, -0.25) is 19.3 Å². The fourth-order valence-corrected chi connectivity index (χ4v) is 3.66. The Morgan fingerprint density at radius 1 is 1.00 bits per heavy atom. The molecule has 3 aromatic rings. The molecule has 7 heteroatoms. The summed E-state index contributed by atoms with van der Waals surface area (Å²) in [6, 6.07) is 19.6. The number of Topliss-reactive ketones (excluding diaryl/α,β-unsaturated/α-hetero) is 1. The van der Waals surface area contributed by atoms with Crippen LogP contribution >= 0.6 is 0 Å². The molecule has 33 heavy (non-hydrogen) atoms. The first-order valence-corrected chi connectivity index (χ1v) is 10.6. The number of ketones is 1. The number of benzene rings is 3. The highest BCUT2D eigenvalue weighted by Gasteiger charge is 2.28. The second kappa shape index (κ2) is 9.56. The van der Waals surface area contributed by atoms with Crippen molar-refractivity contribution >= 4 is 29.0 Å². The number of para-hydroxylation sites is 1. The number of amides is 2. The molecule has 1 N–H and O–H groups in total. The molecule has 0 radical (unpaired) electrons. The molecule has 0 unspecified atom stereocenters. The van der Waals surface area contributed by atoms with Gasteiger partial charge in [-0.1, -0.05) is 24.3 Å². The minimum absolute atomic E-state index is 0.148. The monoisotopic (exact) mass is 444 g/mol. The number of aryl methyl sites for hydroxylation is 2. The molecule has 3 aromatic carbocycles. The minimum atomic E-state index is -0.359. The molecule has 1 aliphatic rings. The van der Waals surface area contributed by atoms with Crippen molar-refractivity contribution in [3.05, 3.63) is 83.4 Å². The number of nitrogens with one attached hydrogen (secondary N) is 1. The predicted octanol–water partition coefficient (Wildman–Crippen LogP) is 3.93. The summed E-state index contributed by atoms with van der Waals surface area (Å²) in [6.07, 6.45) is 0. The van der Waals surface area contributed by atoms with E-state index >= 15 is 0 Å². The van der Waals surface area contributed by atoms with Crippen molar-refractivity contribution in [1.29, 1.82) is 0 Å². The molecule has 0 aliphatic carbocycles. The highest BCUT2D eigenvalue weighted by molar-refractivity contribution is 6.06. The molecule has 0 bridgehead atoms. The molecule has 0 saturated heterocycles. The van der Waals surface area contributed by atoms with Crippen LogP contribution in [0.2, 0.25) is 0 Å². The number of carbonyl (C=O) groups is 3. The quantitative estimate of drug-likeness (QED) is 0.558. The first-order chi connectivity index (χ1) is 15.9. The third-order valence-electron chi connectivity index (χ3n) is 5.15. The third-order valence-corrected chi connectivity index (χ3v) is 5.15. The average molecular weight is 444 g/mol. The Labute approximate surface area is 191 Å². The molecule has 168 valence electrons. The van der Waals surface area contributed by atoms with E-state index in [2.05, 4.69) is 5.32 Å². The highest BCUT2D eigenvalue weighted by atomic mass is 16.5. The summed E-state index contributed by atoms with van der Waals surface area (Å²) in [7, 11) is 0. The van der Waals surface area contributed by atoms with Crippen molar-refractivity contribution in [2.45, 2.75) is 13.8 Å². The van der Waals surface area contributed by atoms with E-state index in [9.17, 15) is 14.4 Å². The first kappa shape index (κ1) is 22.1. The minimum Gasteiger partial charge on any atom is -0.485 e. The maximum atomic E-state index is 12.8. The van der Waals surface area contributed by atoms with Gasteiger partial charge in [-0.15, -0.1) is 0 Å². The summed E-state index contributed by atoms with van der Waals surface area (Å²) >= 11 is 0. The van der Waals surface area contributed by atoms with Crippen molar-refractivity contribution in [2.75, 3.05) is 30.0 Å². The van der Waals surface area contributed by atoms with Gasteiger partial charge in [-0.25, -0.2) is 0 Å². The zero-order chi connectivity index (χ0) is 23.4. The number of hydrogen-bond acceptors (Lipinski definition) is 5.